The zero-order chi connectivity index (χ0) is 12.9. The van der Waals surface area contributed by atoms with Crippen LogP contribution in [-0.4, -0.2) is 0 Å². The van der Waals surface area contributed by atoms with E-state index in [2.05, 4.69) is 0 Å². The Morgan fingerprint density at radius 1 is 0.778 bits per heavy atom. The van der Waals surface area contributed by atoms with Crippen molar-refractivity contribution in [2.75, 3.05) is 0 Å². The van der Waals surface area contributed by atoms with Gasteiger partial charge in [0.2, 0.25) is 0 Å². The van der Waals surface area contributed by atoms with Crippen molar-refractivity contribution in [3.8, 4) is 0 Å². The van der Waals surface area contributed by atoms with Gasteiger partial charge in [-0.1, -0.05) is 35.9 Å². The summed E-state index contributed by atoms with van der Waals surface area (Å²) >= 11 is 0. The minimum atomic E-state index is -0.754. The molecule has 0 radical (unpaired) electrons. The fourth-order valence-corrected chi connectivity index (χ4v) is 2.41. The Morgan fingerprint density at radius 2 is 1.50 bits per heavy atom. The molecular formula is C16H12F2. The van der Waals surface area contributed by atoms with Gasteiger partial charge >= 0.3 is 0 Å². The molecule has 3 aromatic carbocycles. The monoisotopic (exact) mass is 242 g/mol. The number of benzene rings is 3. The standard InChI is InChI=1S/C16H12F2/c1-9-3-6-13-11(7-9)4-5-12-8-10(2)15(17)16(18)14(12)13/h3-8H,1-2H3. The van der Waals surface area contributed by atoms with Crippen LogP contribution in [0.2, 0.25) is 0 Å². The maximum atomic E-state index is 14.1. The van der Waals surface area contributed by atoms with E-state index in [9.17, 15) is 8.78 Å². The highest BCUT2D eigenvalue weighted by molar-refractivity contribution is 6.08. The van der Waals surface area contributed by atoms with Crippen LogP contribution in [0.25, 0.3) is 21.5 Å². The highest BCUT2D eigenvalue weighted by Gasteiger charge is 2.13. The van der Waals surface area contributed by atoms with Crippen LogP contribution < -0.4 is 0 Å². The summed E-state index contributed by atoms with van der Waals surface area (Å²) in [4.78, 5) is 0. The van der Waals surface area contributed by atoms with E-state index in [-0.39, 0.29) is 0 Å². The second-order valence-electron chi connectivity index (χ2n) is 4.71. The summed E-state index contributed by atoms with van der Waals surface area (Å²) in [7, 11) is 0. The van der Waals surface area contributed by atoms with Gasteiger partial charge in [0.05, 0.1) is 0 Å². The largest absolute Gasteiger partial charge is 0.203 e. The molecule has 0 amide bonds. The van der Waals surface area contributed by atoms with Crippen molar-refractivity contribution in [1.82, 2.24) is 0 Å². The van der Waals surface area contributed by atoms with E-state index in [0.717, 1.165) is 21.7 Å². The summed E-state index contributed by atoms with van der Waals surface area (Å²) in [6.45, 7) is 3.56. The van der Waals surface area contributed by atoms with Gasteiger partial charge in [0.1, 0.15) is 0 Å². The molecule has 0 N–H and O–H groups in total. The number of hydrogen-bond donors (Lipinski definition) is 0. The van der Waals surface area contributed by atoms with Gasteiger partial charge in [-0.2, -0.15) is 0 Å². The molecule has 3 rings (SSSR count). The smallest absolute Gasteiger partial charge is 0.167 e. The van der Waals surface area contributed by atoms with Crippen molar-refractivity contribution < 1.29 is 8.78 Å². The zero-order valence-corrected chi connectivity index (χ0v) is 10.2. The Bertz CT molecular complexity index is 773. The Hall–Kier alpha value is -1.96. The summed E-state index contributed by atoms with van der Waals surface area (Å²) in [6.07, 6.45) is 0. The minimum absolute atomic E-state index is 0.339. The Labute approximate surface area is 104 Å². The molecule has 90 valence electrons. The predicted octanol–water partition coefficient (Wildman–Crippen LogP) is 4.89. The normalized spacial score (nSPS) is 11.3. The van der Waals surface area contributed by atoms with Gasteiger partial charge < -0.3 is 0 Å². The van der Waals surface area contributed by atoms with Gasteiger partial charge in [0.25, 0.3) is 0 Å². The number of halogens is 2. The van der Waals surface area contributed by atoms with Crippen LogP contribution in [-0.2, 0) is 0 Å². The molecular weight excluding hydrogens is 230 g/mol. The highest BCUT2D eigenvalue weighted by atomic mass is 19.2. The Balaban J connectivity index is 2.57. The fraction of sp³-hybridized carbons (Fsp3) is 0.125. The first kappa shape index (κ1) is 11.1. The van der Waals surface area contributed by atoms with Gasteiger partial charge in [0, 0.05) is 5.39 Å². The van der Waals surface area contributed by atoms with Crippen LogP contribution in [0, 0.1) is 25.5 Å². The van der Waals surface area contributed by atoms with Crippen molar-refractivity contribution in [3.63, 3.8) is 0 Å². The van der Waals surface area contributed by atoms with E-state index in [1.165, 1.54) is 0 Å². The van der Waals surface area contributed by atoms with Crippen LogP contribution in [0.5, 0.6) is 0 Å². The van der Waals surface area contributed by atoms with Crippen LogP contribution in [0.1, 0.15) is 11.1 Å². The predicted molar refractivity (Wildman–Crippen MR) is 70.8 cm³/mol. The topological polar surface area (TPSA) is 0 Å². The van der Waals surface area contributed by atoms with E-state index < -0.39 is 11.6 Å². The molecule has 0 atom stereocenters. The summed E-state index contributed by atoms with van der Waals surface area (Å²) in [5.41, 5.74) is 1.45. The first-order valence-electron chi connectivity index (χ1n) is 5.85. The third kappa shape index (κ3) is 1.49. The molecule has 0 aliphatic heterocycles. The lowest BCUT2D eigenvalue weighted by atomic mass is 9.98. The molecule has 18 heavy (non-hydrogen) atoms. The van der Waals surface area contributed by atoms with Crippen molar-refractivity contribution in [2.24, 2.45) is 0 Å². The van der Waals surface area contributed by atoms with Crippen molar-refractivity contribution in [3.05, 3.63) is 59.2 Å². The lowest BCUT2D eigenvalue weighted by molar-refractivity contribution is 0.512. The van der Waals surface area contributed by atoms with Crippen molar-refractivity contribution >= 4 is 21.5 Å². The van der Waals surface area contributed by atoms with E-state index in [0.29, 0.717) is 10.9 Å². The van der Waals surface area contributed by atoms with Crippen molar-refractivity contribution in [2.45, 2.75) is 13.8 Å². The summed E-state index contributed by atoms with van der Waals surface area (Å²) < 4.78 is 27.8. The van der Waals surface area contributed by atoms with Crippen LogP contribution >= 0.6 is 0 Å². The van der Waals surface area contributed by atoms with E-state index in [1.54, 1.807) is 13.0 Å². The molecule has 0 nitrogen and oxygen atoms in total. The quantitative estimate of drug-likeness (QED) is 0.492. The molecule has 2 heteroatoms. The van der Waals surface area contributed by atoms with Gasteiger partial charge in [-0.25, -0.2) is 8.78 Å². The molecule has 0 aliphatic carbocycles. The second kappa shape index (κ2) is 3.77. The maximum absolute atomic E-state index is 14.1. The summed E-state index contributed by atoms with van der Waals surface area (Å²) in [5.74, 6) is -1.50. The van der Waals surface area contributed by atoms with E-state index >= 15 is 0 Å². The fourth-order valence-electron chi connectivity index (χ4n) is 2.41. The molecule has 0 heterocycles. The Morgan fingerprint density at radius 3 is 2.28 bits per heavy atom. The third-order valence-electron chi connectivity index (χ3n) is 3.34. The molecule has 0 unspecified atom stereocenters. The first-order chi connectivity index (χ1) is 8.58. The molecule has 0 spiro atoms. The number of hydrogen-bond acceptors (Lipinski definition) is 0. The average Bonchev–Trinajstić information content (AvgIpc) is 2.35. The summed E-state index contributed by atoms with van der Waals surface area (Å²) in [5, 5.41) is 2.80. The summed E-state index contributed by atoms with van der Waals surface area (Å²) in [6, 6.07) is 11.2. The average molecular weight is 242 g/mol. The Kier molecular flexibility index (Phi) is 2.34. The van der Waals surface area contributed by atoms with Crippen LogP contribution in [0.4, 0.5) is 8.78 Å². The molecule has 3 aromatic rings. The molecule has 0 fully saturated rings. The third-order valence-corrected chi connectivity index (χ3v) is 3.34. The molecule has 0 aromatic heterocycles. The van der Waals surface area contributed by atoms with E-state index in [1.807, 2.05) is 37.3 Å². The van der Waals surface area contributed by atoms with Gasteiger partial charge in [-0.05, 0) is 41.6 Å². The SMILES string of the molecule is Cc1ccc2c(ccc3cc(C)c(F)c(F)c32)c1. The molecule has 0 bridgehead atoms. The number of fused-ring (bicyclic) bond motifs is 3. The second-order valence-corrected chi connectivity index (χ2v) is 4.71. The van der Waals surface area contributed by atoms with Gasteiger partial charge in [0.15, 0.2) is 11.6 Å². The number of rotatable bonds is 0. The number of aryl methyl sites for hydroxylation is 2. The maximum Gasteiger partial charge on any atom is 0.167 e. The van der Waals surface area contributed by atoms with Crippen LogP contribution in [0.15, 0.2) is 36.4 Å². The highest BCUT2D eigenvalue weighted by Crippen LogP contribution is 2.30. The lowest BCUT2D eigenvalue weighted by Crippen LogP contribution is -1.92. The van der Waals surface area contributed by atoms with Gasteiger partial charge in [-0.3, -0.25) is 0 Å². The van der Waals surface area contributed by atoms with E-state index in [4.69, 9.17) is 0 Å². The zero-order valence-electron chi connectivity index (χ0n) is 10.2. The molecule has 0 saturated carbocycles. The minimum Gasteiger partial charge on any atom is -0.203 e. The van der Waals surface area contributed by atoms with Crippen molar-refractivity contribution in [1.29, 1.82) is 0 Å². The molecule has 0 saturated heterocycles. The molecule has 0 aliphatic rings. The van der Waals surface area contributed by atoms with Crippen LogP contribution in [0.3, 0.4) is 0 Å². The van der Waals surface area contributed by atoms with Gasteiger partial charge in [-0.15, -0.1) is 0 Å². The first-order valence-corrected chi connectivity index (χ1v) is 5.85. The lowest BCUT2D eigenvalue weighted by Gasteiger charge is -2.08.